The first-order valence-electron chi connectivity index (χ1n) is 36.9. The van der Waals surface area contributed by atoms with Crippen molar-refractivity contribution in [1.82, 2.24) is 34.9 Å². The predicted octanol–water partition coefficient (Wildman–Crippen LogP) is 27.0. The molecule has 16 aromatic carbocycles. The predicted molar refractivity (Wildman–Crippen MR) is 460 cm³/mol. The second kappa shape index (κ2) is 26.2. The molecular weight excluding hydrogens is 1340 g/mol. The smallest absolute Gasteiger partial charge is 0.194 e. The zero-order chi connectivity index (χ0) is 72.8. The van der Waals surface area contributed by atoms with Crippen LogP contribution >= 0.6 is 0 Å². The van der Waals surface area contributed by atoms with Crippen molar-refractivity contribution in [2.45, 2.75) is 0 Å². The summed E-state index contributed by atoms with van der Waals surface area (Å²) in [4.78, 5) is 38.5. The number of nitrogens with zero attached hydrogens (tertiary/aromatic N) is 8. The quantitative estimate of drug-likeness (QED) is 0.125. The van der Waals surface area contributed by atoms with Crippen LogP contribution in [0.15, 0.2) is 365 Å². The highest BCUT2D eigenvalue weighted by atomic mass is 14.7. The van der Waals surface area contributed by atoms with Gasteiger partial charge >= 0.3 is 0 Å². The lowest BCUT2D eigenvalue weighted by atomic mass is 9.89. The Hall–Kier alpha value is -15.0. The van der Waals surface area contributed by atoms with Crippen LogP contribution in [0.5, 0.6) is 0 Å². The molecule has 7 aromatic heterocycles. The van der Waals surface area contributed by atoms with Gasteiger partial charge in [0.15, 0.2) is 5.69 Å². The fourth-order valence-electron chi connectivity index (χ4n) is 17.3. The topological polar surface area (TPSA) is 94.6 Å². The van der Waals surface area contributed by atoms with Crippen molar-refractivity contribution in [3.8, 4) is 56.0 Å². The summed E-state index contributed by atoms with van der Waals surface area (Å²) >= 11 is 0. The molecule has 0 amide bonds. The molecule has 110 heavy (non-hydrogen) atoms. The van der Waals surface area contributed by atoms with Crippen LogP contribution in [0.1, 0.15) is 0 Å². The molecule has 0 bridgehead atoms. The zero-order valence-electron chi connectivity index (χ0n) is 59.2. The Kier molecular flexibility index (Phi) is 15.1. The van der Waals surface area contributed by atoms with Crippen molar-refractivity contribution in [3.05, 3.63) is 376 Å². The highest BCUT2D eigenvalue weighted by molar-refractivity contribution is 6.37. The Morgan fingerprint density at radius 3 is 0.900 bits per heavy atom. The number of rotatable bonds is 5. The van der Waals surface area contributed by atoms with Gasteiger partial charge in [0.2, 0.25) is 0 Å². The molecule has 0 saturated heterocycles. The van der Waals surface area contributed by atoms with Crippen molar-refractivity contribution in [1.29, 1.82) is 0 Å². The number of para-hydroxylation sites is 3. The summed E-state index contributed by atoms with van der Waals surface area (Å²) in [5.74, 6) is 0. The van der Waals surface area contributed by atoms with Gasteiger partial charge in [0, 0.05) is 134 Å². The Labute approximate surface area is 631 Å². The van der Waals surface area contributed by atoms with E-state index in [-0.39, 0.29) is 0 Å². The molecule has 23 rings (SSSR count). The Balaban J connectivity index is 0.000000105. The lowest BCUT2D eigenvalue weighted by molar-refractivity contribution is 1.33. The SMILES string of the molecule is [C-]#[N+]c1ccc(-c2nc3ccccc3c3c4ccccc4c4ncccc4c23)c2ccccc12.c1ccc(-c2ccc(-c3nc4ccccc4c4c5cccnc5c5ccccc5c34)c3ccccc23)cc1.c1cncc(-c2ccc(-c3nc4ccccc4c4c5cccnc5c5ccccc5c34)c3ccccc23)c1. The molecule has 0 radical (unpaired) electrons. The van der Waals surface area contributed by atoms with Gasteiger partial charge in [0.25, 0.3) is 0 Å². The van der Waals surface area contributed by atoms with Crippen LogP contribution in [-0.4, -0.2) is 34.9 Å². The monoisotopic (exact) mass is 1400 g/mol. The van der Waals surface area contributed by atoms with Gasteiger partial charge in [-0.2, -0.15) is 0 Å². The van der Waals surface area contributed by atoms with Gasteiger partial charge in [-0.1, -0.05) is 291 Å². The maximum atomic E-state index is 7.64. The summed E-state index contributed by atoms with van der Waals surface area (Å²) in [6.45, 7) is 7.64. The van der Waals surface area contributed by atoms with Crippen molar-refractivity contribution >= 4 is 168 Å². The van der Waals surface area contributed by atoms with Crippen molar-refractivity contribution in [2.75, 3.05) is 0 Å². The molecular formula is C102H60N8. The molecule has 508 valence electrons. The summed E-state index contributed by atoms with van der Waals surface area (Å²) in [7, 11) is 0. The van der Waals surface area contributed by atoms with Gasteiger partial charge in [-0.25, -0.2) is 19.8 Å². The first-order valence-corrected chi connectivity index (χ1v) is 36.9. The lowest BCUT2D eigenvalue weighted by Gasteiger charge is -2.17. The molecule has 0 unspecified atom stereocenters. The number of hydrogen-bond acceptors (Lipinski definition) is 7. The Morgan fingerprint density at radius 2 is 0.482 bits per heavy atom. The minimum absolute atomic E-state index is 0.654. The summed E-state index contributed by atoms with van der Waals surface area (Å²) in [6, 6.07) is 117. The van der Waals surface area contributed by atoms with E-state index in [2.05, 4.69) is 283 Å². The number of pyridine rings is 7. The molecule has 23 aromatic rings. The van der Waals surface area contributed by atoms with Crippen LogP contribution in [0, 0.1) is 6.57 Å². The Bertz CT molecular complexity index is 7490. The third-order valence-electron chi connectivity index (χ3n) is 22.0. The third kappa shape index (κ3) is 10.2. The van der Waals surface area contributed by atoms with E-state index in [4.69, 9.17) is 36.5 Å². The maximum Gasteiger partial charge on any atom is 0.194 e. The Morgan fingerprint density at radius 1 is 0.200 bits per heavy atom. The van der Waals surface area contributed by atoms with Crippen LogP contribution in [-0.2, 0) is 0 Å². The summed E-state index contributed by atoms with van der Waals surface area (Å²) in [6.07, 6.45) is 9.37. The largest absolute Gasteiger partial charge is 0.264 e. The maximum absolute atomic E-state index is 7.64. The van der Waals surface area contributed by atoms with Crippen molar-refractivity contribution in [3.63, 3.8) is 0 Å². The molecule has 0 aliphatic carbocycles. The molecule has 0 aliphatic rings. The number of fused-ring (bicyclic) bond motifs is 27. The molecule has 0 aliphatic heterocycles. The van der Waals surface area contributed by atoms with Gasteiger partial charge in [-0.15, -0.1) is 0 Å². The highest BCUT2D eigenvalue weighted by Gasteiger charge is 2.25. The second-order valence-corrected chi connectivity index (χ2v) is 27.8. The lowest BCUT2D eigenvalue weighted by Crippen LogP contribution is -1.95. The van der Waals surface area contributed by atoms with Crippen molar-refractivity contribution < 1.29 is 0 Å². The van der Waals surface area contributed by atoms with Crippen LogP contribution in [0.2, 0.25) is 0 Å². The number of aromatic nitrogens is 7. The van der Waals surface area contributed by atoms with Gasteiger partial charge in [0.1, 0.15) is 0 Å². The molecule has 0 N–H and O–H groups in total. The fraction of sp³-hybridized carbons (Fsp3) is 0. The van der Waals surface area contributed by atoms with Gasteiger partial charge in [-0.3, -0.25) is 19.9 Å². The van der Waals surface area contributed by atoms with Gasteiger partial charge in [0.05, 0.1) is 56.8 Å². The molecule has 0 saturated carbocycles. The third-order valence-corrected chi connectivity index (χ3v) is 22.0. The molecule has 0 spiro atoms. The van der Waals surface area contributed by atoms with Crippen LogP contribution < -0.4 is 0 Å². The molecule has 8 nitrogen and oxygen atoms in total. The minimum atomic E-state index is 0.654. The summed E-state index contributed by atoms with van der Waals surface area (Å²) in [5.41, 5.74) is 17.6. The summed E-state index contributed by atoms with van der Waals surface area (Å²) < 4.78 is 0. The molecule has 0 fully saturated rings. The van der Waals surface area contributed by atoms with E-state index in [0.29, 0.717) is 5.69 Å². The van der Waals surface area contributed by atoms with E-state index in [1.54, 1.807) is 0 Å². The van der Waals surface area contributed by atoms with E-state index >= 15 is 0 Å². The number of benzene rings is 16. The normalized spacial score (nSPS) is 11.6. The van der Waals surface area contributed by atoms with Gasteiger partial charge in [-0.05, 0) is 108 Å². The first kappa shape index (κ1) is 63.4. The van der Waals surface area contributed by atoms with Crippen LogP contribution in [0.3, 0.4) is 0 Å². The molecule has 0 atom stereocenters. The molecule has 7 heterocycles. The van der Waals surface area contributed by atoms with E-state index < -0.39 is 0 Å². The molecule has 8 heteroatoms. The number of hydrogen-bond donors (Lipinski definition) is 0. The summed E-state index contributed by atoms with van der Waals surface area (Å²) in [5, 5.41) is 27.6. The standard InChI is InChI=1S/C36H22N2.C35H21N3.C31H17N3/c1-2-11-23(12-3-1)24-20-21-29(26-14-5-4-13-25(24)26)36-34-27-15-6-7-16-28(27)35-31(18-10-22-37-35)33(34)30-17-8-9-19-32(30)38-36;1-2-11-25-24(10-1)23(22-9-7-19-36-21-22)17-18-28(25)35-33-26-12-3-4-13-27(26)34-30(15-8-20-37-34)32(33)29-14-5-6-16-31(29)38-35;1-32-26-17-16-23(19-9-2-3-10-20(19)26)31-29-25-14-8-18-33-30(25)22-12-5-4-11-21(22)28(29)24-13-6-7-15-27(24)34-31/h1-22H;1-21H;2-18H. The average molecular weight is 1400 g/mol. The fourth-order valence-corrected chi connectivity index (χ4v) is 17.3. The zero-order valence-corrected chi connectivity index (χ0v) is 59.2. The average Bonchev–Trinajstić information content (AvgIpc) is 0.723. The van der Waals surface area contributed by atoms with Crippen LogP contribution in [0.25, 0.3) is 223 Å². The van der Waals surface area contributed by atoms with E-state index in [1.807, 2.05) is 91.6 Å². The second-order valence-electron chi connectivity index (χ2n) is 27.8. The van der Waals surface area contributed by atoms with E-state index in [0.717, 1.165) is 137 Å². The van der Waals surface area contributed by atoms with Gasteiger partial charge < -0.3 is 0 Å². The minimum Gasteiger partial charge on any atom is -0.264 e. The van der Waals surface area contributed by atoms with E-state index in [1.165, 1.54) is 81.3 Å². The van der Waals surface area contributed by atoms with Crippen molar-refractivity contribution in [2.24, 2.45) is 0 Å². The highest BCUT2D eigenvalue weighted by Crippen LogP contribution is 2.49. The first-order chi connectivity index (χ1) is 54.6. The van der Waals surface area contributed by atoms with E-state index in [9.17, 15) is 0 Å². The van der Waals surface area contributed by atoms with Crippen LogP contribution in [0.4, 0.5) is 5.69 Å².